The van der Waals surface area contributed by atoms with E-state index in [9.17, 15) is 4.79 Å². The number of hydrogen-bond acceptors (Lipinski definition) is 2. The number of esters is 1. The molecule has 0 fully saturated rings. The van der Waals surface area contributed by atoms with Crippen molar-refractivity contribution in [3.05, 3.63) is 11.1 Å². The molecule has 14 heavy (non-hydrogen) atoms. The predicted molar refractivity (Wildman–Crippen MR) is 59.3 cm³/mol. The van der Waals surface area contributed by atoms with E-state index in [0.717, 1.165) is 32.1 Å². The molecule has 0 aliphatic carbocycles. The van der Waals surface area contributed by atoms with Crippen molar-refractivity contribution in [2.75, 3.05) is 7.11 Å². The Hall–Kier alpha value is -0.500. The van der Waals surface area contributed by atoms with Crippen LogP contribution >= 0.6 is 11.6 Å². The second-order valence-electron chi connectivity index (χ2n) is 3.45. The number of allylic oxidation sites excluding steroid dienone is 1. The molecule has 0 heterocycles. The lowest BCUT2D eigenvalue weighted by Crippen LogP contribution is -1.99. The van der Waals surface area contributed by atoms with Crippen LogP contribution in [0.25, 0.3) is 0 Å². The summed E-state index contributed by atoms with van der Waals surface area (Å²) in [5, 5.41) is 0. The smallest absolute Gasteiger partial charge is 0.305 e. The van der Waals surface area contributed by atoms with Crippen LogP contribution in [0.5, 0.6) is 0 Å². The fraction of sp³-hybridized carbons (Fsp3) is 0.727. The second kappa shape index (κ2) is 9.07. The highest BCUT2D eigenvalue weighted by atomic mass is 35.5. The van der Waals surface area contributed by atoms with Crippen molar-refractivity contribution in [1.29, 1.82) is 0 Å². The van der Waals surface area contributed by atoms with Gasteiger partial charge in [0.2, 0.25) is 0 Å². The molecule has 0 saturated carbocycles. The number of rotatable bonds is 7. The Morgan fingerprint density at radius 2 is 1.79 bits per heavy atom. The first-order valence-corrected chi connectivity index (χ1v) is 5.47. The van der Waals surface area contributed by atoms with E-state index in [1.807, 2.05) is 6.92 Å². The molecule has 3 heteroatoms. The predicted octanol–water partition coefficient (Wildman–Crippen LogP) is 3.64. The monoisotopic (exact) mass is 218 g/mol. The largest absolute Gasteiger partial charge is 0.469 e. The molecule has 0 amide bonds. The first-order valence-electron chi connectivity index (χ1n) is 5.03. The molecule has 0 aromatic carbocycles. The summed E-state index contributed by atoms with van der Waals surface area (Å²) >= 11 is 5.53. The number of ether oxygens (including phenoxy) is 1. The van der Waals surface area contributed by atoms with E-state index >= 15 is 0 Å². The summed E-state index contributed by atoms with van der Waals surface area (Å²) < 4.78 is 4.55. The topological polar surface area (TPSA) is 26.3 Å². The fourth-order valence-corrected chi connectivity index (χ4v) is 1.29. The highest BCUT2D eigenvalue weighted by Gasteiger charge is 1.98. The molecular weight excluding hydrogens is 200 g/mol. The zero-order valence-electron chi connectivity index (χ0n) is 9.01. The molecule has 0 atom stereocenters. The first-order chi connectivity index (χ1) is 6.70. The Balaban J connectivity index is 3.18. The highest BCUT2D eigenvalue weighted by Crippen LogP contribution is 2.11. The molecule has 0 unspecified atom stereocenters. The number of hydrogen-bond donors (Lipinski definition) is 0. The summed E-state index contributed by atoms with van der Waals surface area (Å²) in [5.74, 6) is -0.109. The lowest BCUT2D eigenvalue weighted by atomic mass is 10.1. The summed E-state index contributed by atoms with van der Waals surface area (Å²) in [7, 11) is 1.43. The van der Waals surface area contributed by atoms with Gasteiger partial charge in [0.25, 0.3) is 0 Å². The molecule has 82 valence electrons. The Morgan fingerprint density at radius 3 is 2.29 bits per heavy atom. The summed E-state index contributed by atoms with van der Waals surface area (Å²) in [6.45, 7) is 2.03. The van der Waals surface area contributed by atoms with Gasteiger partial charge in [0.1, 0.15) is 0 Å². The number of methoxy groups -OCH3 is 1. The zero-order chi connectivity index (χ0) is 10.8. The second-order valence-corrected chi connectivity index (χ2v) is 3.66. The molecule has 0 aromatic heterocycles. The lowest BCUT2D eigenvalue weighted by Gasteiger charge is -2.01. The average Bonchev–Trinajstić information content (AvgIpc) is 2.22. The maximum atomic E-state index is 10.8. The van der Waals surface area contributed by atoms with Crippen molar-refractivity contribution in [2.45, 2.75) is 45.4 Å². The van der Waals surface area contributed by atoms with Crippen LogP contribution in [0, 0.1) is 0 Å². The maximum Gasteiger partial charge on any atom is 0.305 e. The van der Waals surface area contributed by atoms with Crippen LogP contribution in [0.3, 0.4) is 0 Å². The summed E-state index contributed by atoms with van der Waals surface area (Å²) in [6, 6.07) is 0. The minimum absolute atomic E-state index is 0.109. The van der Waals surface area contributed by atoms with E-state index in [0.29, 0.717) is 6.42 Å². The van der Waals surface area contributed by atoms with Gasteiger partial charge in [-0.05, 0) is 26.2 Å². The van der Waals surface area contributed by atoms with Crippen molar-refractivity contribution < 1.29 is 9.53 Å². The van der Waals surface area contributed by atoms with Gasteiger partial charge in [0.15, 0.2) is 0 Å². The first kappa shape index (κ1) is 13.5. The van der Waals surface area contributed by atoms with E-state index in [-0.39, 0.29) is 5.97 Å². The van der Waals surface area contributed by atoms with Gasteiger partial charge in [-0.3, -0.25) is 4.79 Å². The summed E-state index contributed by atoms with van der Waals surface area (Å²) in [6.07, 6.45) is 5.92. The van der Waals surface area contributed by atoms with Gasteiger partial charge >= 0.3 is 5.97 Å². The normalized spacial score (nSPS) is 11.5. The number of carbonyl (C=O) groups excluding carboxylic acids is 1. The van der Waals surface area contributed by atoms with Crippen LogP contribution < -0.4 is 0 Å². The molecule has 0 rings (SSSR count). The summed E-state index contributed by atoms with van der Waals surface area (Å²) in [5.41, 5.74) is 2.86. The molecule has 0 bridgehead atoms. The van der Waals surface area contributed by atoms with Crippen molar-refractivity contribution in [3.8, 4) is 0 Å². The third kappa shape index (κ3) is 8.11. The lowest BCUT2D eigenvalue weighted by molar-refractivity contribution is -0.140. The van der Waals surface area contributed by atoms with Crippen molar-refractivity contribution in [1.82, 2.24) is 0 Å². The standard InChI is InChI=1S/C11H19ClO2/c1-10(9-12)7-5-3-4-6-8-11(13)14-2/h9H,3-8H2,1-2H3. The molecule has 0 radical (unpaired) electrons. The highest BCUT2D eigenvalue weighted by molar-refractivity contribution is 6.25. The van der Waals surface area contributed by atoms with Gasteiger partial charge in [0.05, 0.1) is 7.11 Å². The fourth-order valence-electron chi connectivity index (χ4n) is 1.18. The summed E-state index contributed by atoms with van der Waals surface area (Å²) in [4.78, 5) is 10.8. The molecule has 2 nitrogen and oxygen atoms in total. The molecule has 0 aromatic rings. The van der Waals surface area contributed by atoms with E-state index in [4.69, 9.17) is 11.6 Å². The molecule has 0 spiro atoms. The molecule has 0 N–H and O–H groups in total. The Morgan fingerprint density at radius 1 is 1.21 bits per heavy atom. The molecule has 0 saturated heterocycles. The van der Waals surface area contributed by atoms with Crippen LogP contribution in [-0.2, 0) is 9.53 Å². The van der Waals surface area contributed by atoms with Crippen molar-refractivity contribution in [3.63, 3.8) is 0 Å². The minimum Gasteiger partial charge on any atom is -0.469 e. The minimum atomic E-state index is -0.109. The number of unbranched alkanes of at least 4 members (excludes halogenated alkanes) is 3. The van der Waals surface area contributed by atoms with Gasteiger partial charge in [0, 0.05) is 12.0 Å². The van der Waals surface area contributed by atoms with Crippen LogP contribution in [0.4, 0.5) is 0 Å². The molecular formula is C11H19ClO2. The van der Waals surface area contributed by atoms with Gasteiger partial charge < -0.3 is 4.74 Å². The van der Waals surface area contributed by atoms with E-state index in [1.165, 1.54) is 12.7 Å². The third-order valence-electron chi connectivity index (χ3n) is 2.12. The van der Waals surface area contributed by atoms with E-state index in [1.54, 1.807) is 5.54 Å². The average molecular weight is 219 g/mol. The number of carbonyl (C=O) groups is 1. The van der Waals surface area contributed by atoms with Crippen LogP contribution in [0.15, 0.2) is 11.1 Å². The zero-order valence-corrected chi connectivity index (χ0v) is 9.77. The SMILES string of the molecule is COC(=O)CCCCCCC(C)=CCl. The molecule has 0 aliphatic heterocycles. The number of halogens is 1. The quantitative estimate of drug-likeness (QED) is 0.482. The Kier molecular flexibility index (Phi) is 8.75. The van der Waals surface area contributed by atoms with Gasteiger partial charge in [-0.15, -0.1) is 0 Å². The Bertz CT molecular complexity index is 188. The molecule has 0 aliphatic rings. The van der Waals surface area contributed by atoms with Crippen LogP contribution in [0.1, 0.15) is 45.4 Å². The van der Waals surface area contributed by atoms with Crippen LogP contribution in [-0.4, -0.2) is 13.1 Å². The van der Waals surface area contributed by atoms with E-state index in [2.05, 4.69) is 4.74 Å². The maximum absolute atomic E-state index is 10.8. The Labute approximate surface area is 91.3 Å². The van der Waals surface area contributed by atoms with Crippen molar-refractivity contribution >= 4 is 17.6 Å². The van der Waals surface area contributed by atoms with Gasteiger partial charge in [-0.2, -0.15) is 0 Å². The van der Waals surface area contributed by atoms with E-state index < -0.39 is 0 Å². The van der Waals surface area contributed by atoms with Crippen LogP contribution in [0.2, 0.25) is 0 Å². The third-order valence-corrected chi connectivity index (χ3v) is 2.49. The van der Waals surface area contributed by atoms with Crippen molar-refractivity contribution in [2.24, 2.45) is 0 Å². The van der Waals surface area contributed by atoms with Gasteiger partial charge in [-0.25, -0.2) is 0 Å². The van der Waals surface area contributed by atoms with Gasteiger partial charge in [-0.1, -0.05) is 30.0 Å².